The zero-order valence-electron chi connectivity index (χ0n) is 7.78. The molecule has 0 aliphatic rings. The first-order valence-electron chi connectivity index (χ1n) is 4.43. The van der Waals surface area contributed by atoms with Crippen LogP contribution in [0.4, 0.5) is 0 Å². The monoisotopic (exact) mass is 278 g/mol. The standard InChI is InChI=1S/C12H8Cl2S.Na.H/c13-9-1-5-11(6-2-9)15-12-7-3-10(14)4-8-12;;/h1-8H;;. The van der Waals surface area contributed by atoms with Crippen molar-refractivity contribution in [2.45, 2.75) is 9.79 Å². The number of halogens is 2. The van der Waals surface area contributed by atoms with E-state index in [1.165, 1.54) is 9.79 Å². The van der Waals surface area contributed by atoms with Crippen molar-refractivity contribution in [2.75, 3.05) is 0 Å². The van der Waals surface area contributed by atoms with E-state index in [-0.39, 0.29) is 29.6 Å². The third-order valence-electron chi connectivity index (χ3n) is 1.86. The van der Waals surface area contributed by atoms with Crippen molar-refractivity contribution in [2.24, 2.45) is 0 Å². The Morgan fingerprint density at radius 2 is 0.938 bits per heavy atom. The molecule has 2 rings (SSSR count). The molecular weight excluding hydrogens is 270 g/mol. The summed E-state index contributed by atoms with van der Waals surface area (Å²) >= 11 is 13.3. The van der Waals surface area contributed by atoms with Crippen LogP contribution in [-0.2, 0) is 0 Å². The van der Waals surface area contributed by atoms with Crippen molar-refractivity contribution in [3.05, 3.63) is 58.6 Å². The quantitative estimate of drug-likeness (QED) is 0.729. The molecule has 0 spiro atoms. The van der Waals surface area contributed by atoms with Crippen LogP contribution in [0.5, 0.6) is 0 Å². The predicted molar refractivity (Wildman–Crippen MR) is 74.2 cm³/mol. The second kappa shape index (κ2) is 6.95. The summed E-state index contributed by atoms with van der Waals surface area (Å²) in [5.41, 5.74) is 0. The van der Waals surface area contributed by atoms with Gasteiger partial charge in [0, 0.05) is 19.8 Å². The molecule has 78 valence electrons. The molecule has 0 saturated carbocycles. The molecule has 2 aromatic rings. The predicted octanol–water partition coefficient (Wildman–Crippen LogP) is 4.50. The molecule has 0 fully saturated rings. The van der Waals surface area contributed by atoms with Crippen LogP contribution in [0.3, 0.4) is 0 Å². The van der Waals surface area contributed by atoms with Gasteiger partial charge in [-0.2, -0.15) is 0 Å². The second-order valence-corrected chi connectivity index (χ2v) is 5.03. The van der Waals surface area contributed by atoms with Gasteiger partial charge in [-0.1, -0.05) is 35.0 Å². The molecule has 0 aliphatic heterocycles. The molecule has 0 amide bonds. The maximum atomic E-state index is 5.81. The summed E-state index contributed by atoms with van der Waals surface area (Å²) in [5.74, 6) is 0. The number of benzene rings is 2. The Bertz CT molecular complexity index is 396. The third kappa shape index (κ3) is 4.33. The molecule has 0 heterocycles. The Morgan fingerprint density at radius 3 is 1.25 bits per heavy atom. The Labute approximate surface area is 132 Å². The fraction of sp³-hybridized carbons (Fsp3) is 0. The van der Waals surface area contributed by atoms with Gasteiger partial charge in [-0.05, 0) is 48.5 Å². The van der Waals surface area contributed by atoms with Crippen LogP contribution in [0.2, 0.25) is 10.0 Å². The van der Waals surface area contributed by atoms with E-state index in [1.807, 2.05) is 48.5 Å². The molecule has 0 aromatic heterocycles. The van der Waals surface area contributed by atoms with E-state index in [0.717, 1.165) is 10.0 Å². The van der Waals surface area contributed by atoms with Gasteiger partial charge in [0.25, 0.3) is 0 Å². The minimum absolute atomic E-state index is 0. The number of hydrogen-bond acceptors (Lipinski definition) is 1. The average molecular weight is 279 g/mol. The van der Waals surface area contributed by atoms with E-state index in [1.54, 1.807) is 11.8 Å². The van der Waals surface area contributed by atoms with E-state index in [4.69, 9.17) is 23.2 Å². The maximum absolute atomic E-state index is 5.81. The molecule has 0 aliphatic carbocycles. The molecule has 0 unspecified atom stereocenters. The van der Waals surface area contributed by atoms with Crippen LogP contribution in [0, 0.1) is 0 Å². The first kappa shape index (κ1) is 14.4. The summed E-state index contributed by atoms with van der Waals surface area (Å²) in [5, 5.41) is 1.52. The summed E-state index contributed by atoms with van der Waals surface area (Å²) in [6.45, 7) is 0. The van der Waals surface area contributed by atoms with Gasteiger partial charge in [-0.3, -0.25) is 0 Å². The van der Waals surface area contributed by atoms with Crippen molar-refractivity contribution in [3.8, 4) is 0 Å². The third-order valence-corrected chi connectivity index (χ3v) is 3.38. The molecule has 0 radical (unpaired) electrons. The van der Waals surface area contributed by atoms with E-state index >= 15 is 0 Å². The van der Waals surface area contributed by atoms with Gasteiger partial charge in [0.1, 0.15) is 0 Å². The topological polar surface area (TPSA) is 0 Å². The SMILES string of the molecule is Clc1ccc(Sc2ccc(Cl)cc2)cc1.[NaH]. The first-order valence-corrected chi connectivity index (χ1v) is 6.00. The Kier molecular flexibility index (Phi) is 6.27. The van der Waals surface area contributed by atoms with Gasteiger partial charge in [-0.15, -0.1) is 0 Å². The normalized spacial score (nSPS) is 9.62. The van der Waals surface area contributed by atoms with Crippen LogP contribution in [0.15, 0.2) is 58.3 Å². The zero-order chi connectivity index (χ0) is 10.7. The number of hydrogen-bond donors (Lipinski definition) is 0. The van der Waals surface area contributed by atoms with Crippen LogP contribution >= 0.6 is 35.0 Å². The Morgan fingerprint density at radius 1 is 0.625 bits per heavy atom. The van der Waals surface area contributed by atoms with Gasteiger partial charge in [-0.25, -0.2) is 0 Å². The molecule has 0 saturated heterocycles. The number of rotatable bonds is 2. The van der Waals surface area contributed by atoms with Crippen LogP contribution < -0.4 is 0 Å². The second-order valence-electron chi connectivity index (χ2n) is 3.01. The molecule has 0 bridgehead atoms. The van der Waals surface area contributed by atoms with E-state index < -0.39 is 0 Å². The molecule has 4 heteroatoms. The van der Waals surface area contributed by atoms with E-state index in [0.29, 0.717) is 0 Å². The Hall–Kier alpha value is 0.370. The van der Waals surface area contributed by atoms with Crippen LogP contribution in [-0.4, -0.2) is 29.6 Å². The molecule has 16 heavy (non-hydrogen) atoms. The molecule has 0 atom stereocenters. The minimum atomic E-state index is 0. The van der Waals surface area contributed by atoms with Crippen molar-refractivity contribution in [3.63, 3.8) is 0 Å². The molecule has 0 N–H and O–H groups in total. The van der Waals surface area contributed by atoms with E-state index in [2.05, 4.69) is 0 Å². The molecule has 0 nitrogen and oxygen atoms in total. The van der Waals surface area contributed by atoms with Crippen LogP contribution in [0.25, 0.3) is 0 Å². The van der Waals surface area contributed by atoms with Gasteiger partial charge >= 0.3 is 29.6 Å². The Balaban J connectivity index is 0.00000128. The summed E-state index contributed by atoms with van der Waals surface area (Å²) in [6.07, 6.45) is 0. The summed E-state index contributed by atoms with van der Waals surface area (Å²) in [4.78, 5) is 2.34. The van der Waals surface area contributed by atoms with Gasteiger partial charge in [0.05, 0.1) is 0 Å². The van der Waals surface area contributed by atoms with Crippen molar-refractivity contribution in [1.82, 2.24) is 0 Å². The first-order chi connectivity index (χ1) is 7.24. The van der Waals surface area contributed by atoms with Crippen molar-refractivity contribution >= 4 is 64.5 Å². The fourth-order valence-electron chi connectivity index (χ4n) is 1.14. The summed E-state index contributed by atoms with van der Waals surface area (Å²) < 4.78 is 0. The zero-order valence-corrected chi connectivity index (χ0v) is 10.1. The van der Waals surface area contributed by atoms with Gasteiger partial charge in [0.2, 0.25) is 0 Å². The van der Waals surface area contributed by atoms with Crippen LogP contribution in [0.1, 0.15) is 0 Å². The molecule has 2 aromatic carbocycles. The van der Waals surface area contributed by atoms with E-state index in [9.17, 15) is 0 Å². The van der Waals surface area contributed by atoms with Gasteiger partial charge in [0.15, 0.2) is 0 Å². The fourth-order valence-corrected chi connectivity index (χ4v) is 2.21. The van der Waals surface area contributed by atoms with Crippen molar-refractivity contribution in [1.29, 1.82) is 0 Å². The average Bonchev–Trinajstić information content (AvgIpc) is 2.25. The molecular formula is C12H9Cl2NaS. The van der Waals surface area contributed by atoms with Gasteiger partial charge < -0.3 is 0 Å². The summed E-state index contributed by atoms with van der Waals surface area (Å²) in [6, 6.07) is 15.6. The summed E-state index contributed by atoms with van der Waals surface area (Å²) in [7, 11) is 0. The van der Waals surface area contributed by atoms with Crippen molar-refractivity contribution < 1.29 is 0 Å².